The number of H-pyrrole nitrogens is 2. The van der Waals surface area contributed by atoms with E-state index in [1.807, 2.05) is 43.1 Å². The van der Waals surface area contributed by atoms with Crippen LogP contribution in [-0.2, 0) is 11.3 Å². The molecule has 0 radical (unpaired) electrons. The summed E-state index contributed by atoms with van der Waals surface area (Å²) in [4.78, 5) is 31.2. The van der Waals surface area contributed by atoms with Crippen molar-refractivity contribution in [3.8, 4) is 5.75 Å². The molecule has 1 unspecified atom stereocenters. The second-order valence-corrected chi connectivity index (χ2v) is 6.27. The van der Waals surface area contributed by atoms with Gasteiger partial charge in [0.1, 0.15) is 5.75 Å². The Morgan fingerprint density at radius 2 is 1.85 bits per heavy atom. The smallest absolute Gasteiger partial charge is 0.323 e. The number of anilines is 1. The maximum absolute atomic E-state index is 12.5. The van der Waals surface area contributed by atoms with Gasteiger partial charge in [-0.3, -0.25) is 9.69 Å². The number of methoxy groups -OCH3 is 1. The van der Waals surface area contributed by atoms with Crippen LogP contribution in [0.15, 0.2) is 47.3 Å². The van der Waals surface area contributed by atoms with Crippen molar-refractivity contribution in [3.63, 3.8) is 0 Å². The molecule has 3 aromatic rings. The molecule has 1 heterocycles. The quantitative estimate of drug-likeness (QED) is 0.634. The maximum Gasteiger partial charge on any atom is 0.323 e. The fraction of sp³-hybridized carbons (Fsp3) is 0.263. The van der Waals surface area contributed by atoms with Gasteiger partial charge in [0.25, 0.3) is 0 Å². The molecule has 136 valence electrons. The van der Waals surface area contributed by atoms with Gasteiger partial charge in [-0.05, 0) is 49.9 Å². The van der Waals surface area contributed by atoms with E-state index in [1.165, 1.54) is 0 Å². The Hall–Kier alpha value is -3.06. The van der Waals surface area contributed by atoms with Crippen LogP contribution in [0.3, 0.4) is 0 Å². The highest BCUT2D eigenvalue weighted by atomic mass is 16.5. The third-order valence-electron chi connectivity index (χ3n) is 4.42. The molecule has 0 fully saturated rings. The summed E-state index contributed by atoms with van der Waals surface area (Å²) in [6.45, 7) is 2.50. The van der Waals surface area contributed by atoms with Gasteiger partial charge in [0, 0.05) is 12.2 Å². The first-order chi connectivity index (χ1) is 12.5. The van der Waals surface area contributed by atoms with Crippen molar-refractivity contribution in [1.29, 1.82) is 0 Å². The first-order valence-electron chi connectivity index (χ1n) is 8.32. The third-order valence-corrected chi connectivity index (χ3v) is 4.42. The van der Waals surface area contributed by atoms with Crippen molar-refractivity contribution < 1.29 is 9.53 Å². The molecule has 26 heavy (non-hydrogen) atoms. The van der Waals surface area contributed by atoms with Crippen LogP contribution in [0.5, 0.6) is 5.75 Å². The fourth-order valence-corrected chi connectivity index (χ4v) is 2.71. The summed E-state index contributed by atoms with van der Waals surface area (Å²) < 4.78 is 5.16. The summed E-state index contributed by atoms with van der Waals surface area (Å²) in [7, 11) is 3.54. The molecule has 0 bridgehead atoms. The molecule has 3 rings (SSSR count). The fourth-order valence-electron chi connectivity index (χ4n) is 2.71. The van der Waals surface area contributed by atoms with Crippen LogP contribution >= 0.6 is 0 Å². The average Bonchev–Trinajstić information content (AvgIpc) is 3.00. The van der Waals surface area contributed by atoms with Gasteiger partial charge >= 0.3 is 5.69 Å². The van der Waals surface area contributed by atoms with Crippen molar-refractivity contribution in [2.24, 2.45) is 0 Å². The van der Waals surface area contributed by atoms with E-state index < -0.39 is 0 Å². The minimum absolute atomic E-state index is 0.113. The number of hydrogen-bond donors (Lipinski definition) is 3. The molecule has 1 amide bonds. The topological polar surface area (TPSA) is 90.2 Å². The number of hydrogen-bond acceptors (Lipinski definition) is 4. The van der Waals surface area contributed by atoms with E-state index in [2.05, 4.69) is 15.3 Å². The van der Waals surface area contributed by atoms with Gasteiger partial charge in [0.2, 0.25) is 5.91 Å². The lowest BCUT2D eigenvalue weighted by molar-refractivity contribution is -0.120. The van der Waals surface area contributed by atoms with Gasteiger partial charge in [-0.2, -0.15) is 0 Å². The zero-order chi connectivity index (χ0) is 18.7. The number of carbonyl (C=O) groups is 1. The zero-order valence-corrected chi connectivity index (χ0v) is 15.0. The monoisotopic (exact) mass is 354 g/mol. The molecule has 0 spiro atoms. The van der Waals surface area contributed by atoms with Crippen LogP contribution in [0.2, 0.25) is 0 Å². The first kappa shape index (κ1) is 17.8. The molecule has 1 aromatic heterocycles. The number of likely N-dealkylation sites (N-methyl/N-ethyl adjacent to an activating group) is 1. The molecular formula is C19H22N4O3. The number of carbonyl (C=O) groups excluding carboxylic acids is 1. The summed E-state index contributed by atoms with van der Waals surface area (Å²) >= 11 is 0. The molecule has 0 saturated heterocycles. The molecule has 3 N–H and O–H groups in total. The van der Waals surface area contributed by atoms with Crippen LogP contribution in [0.4, 0.5) is 5.69 Å². The van der Waals surface area contributed by atoms with Gasteiger partial charge in [-0.25, -0.2) is 4.79 Å². The molecule has 1 atom stereocenters. The van der Waals surface area contributed by atoms with Crippen molar-refractivity contribution in [2.75, 3.05) is 19.5 Å². The number of imidazole rings is 1. The SMILES string of the molecule is COc1ccc(CN(C)C(C)C(=O)Nc2ccc3[nH]c(=O)[nH]c3c2)cc1. The van der Waals surface area contributed by atoms with Gasteiger partial charge in [0.05, 0.1) is 24.2 Å². The van der Waals surface area contributed by atoms with Crippen molar-refractivity contribution in [1.82, 2.24) is 14.9 Å². The van der Waals surface area contributed by atoms with E-state index in [9.17, 15) is 9.59 Å². The van der Waals surface area contributed by atoms with Crippen LogP contribution < -0.4 is 15.7 Å². The van der Waals surface area contributed by atoms with Gasteiger partial charge in [-0.1, -0.05) is 12.1 Å². The standard InChI is InChI=1S/C19H22N4O3/c1-12(23(2)11-13-4-7-15(26-3)8-5-13)18(24)20-14-6-9-16-17(10-14)22-19(25)21-16/h4-10,12H,11H2,1-3H3,(H,20,24)(H2,21,22,25). The maximum atomic E-state index is 12.5. The number of aromatic nitrogens is 2. The van der Waals surface area contributed by atoms with E-state index in [4.69, 9.17) is 4.74 Å². The van der Waals surface area contributed by atoms with Gasteiger partial charge in [0.15, 0.2) is 0 Å². The lowest BCUT2D eigenvalue weighted by Crippen LogP contribution is -2.39. The first-order valence-corrected chi connectivity index (χ1v) is 8.32. The summed E-state index contributed by atoms with van der Waals surface area (Å²) in [6.07, 6.45) is 0. The zero-order valence-electron chi connectivity index (χ0n) is 15.0. The Labute approximate surface area is 151 Å². The minimum atomic E-state index is -0.321. The molecule has 0 aliphatic rings. The predicted octanol–water partition coefficient (Wildman–Crippen LogP) is 2.32. The van der Waals surface area contributed by atoms with Crippen molar-refractivity contribution >= 4 is 22.6 Å². The predicted molar refractivity (Wildman–Crippen MR) is 101 cm³/mol. The minimum Gasteiger partial charge on any atom is -0.497 e. The number of ether oxygens (including phenoxy) is 1. The number of aromatic amines is 2. The molecule has 0 saturated carbocycles. The third kappa shape index (κ3) is 3.94. The average molecular weight is 354 g/mol. The molecular weight excluding hydrogens is 332 g/mol. The second kappa shape index (κ2) is 7.45. The Morgan fingerprint density at radius 1 is 1.15 bits per heavy atom. The van der Waals surface area contributed by atoms with E-state index in [-0.39, 0.29) is 17.6 Å². The lowest BCUT2D eigenvalue weighted by Gasteiger charge is -2.24. The molecule has 0 aliphatic heterocycles. The molecule has 0 aliphatic carbocycles. The highest BCUT2D eigenvalue weighted by Gasteiger charge is 2.18. The molecule has 2 aromatic carbocycles. The van der Waals surface area contributed by atoms with Gasteiger partial charge in [-0.15, -0.1) is 0 Å². The van der Waals surface area contributed by atoms with Crippen molar-refractivity contribution in [3.05, 3.63) is 58.5 Å². The normalized spacial score (nSPS) is 12.3. The largest absolute Gasteiger partial charge is 0.497 e. The van der Waals surface area contributed by atoms with Gasteiger partial charge < -0.3 is 20.0 Å². The highest BCUT2D eigenvalue weighted by molar-refractivity contribution is 5.96. The summed E-state index contributed by atoms with van der Waals surface area (Å²) in [5.74, 6) is 0.693. The van der Waals surface area contributed by atoms with E-state index in [0.717, 1.165) is 11.3 Å². The number of fused-ring (bicyclic) bond motifs is 1. The van der Waals surface area contributed by atoms with E-state index in [0.29, 0.717) is 23.3 Å². The van der Waals surface area contributed by atoms with Crippen LogP contribution in [0.25, 0.3) is 11.0 Å². The van der Waals surface area contributed by atoms with Crippen LogP contribution in [-0.4, -0.2) is 41.0 Å². The van der Waals surface area contributed by atoms with Crippen molar-refractivity contribution in [2.45, 2.75) is 19.5 Å². The van der Waals surface area contributed by atoms with Crippen LogP contribution in [0, 0.1) is 0 Å². The summed E-state index contributed by atoms with van der Waals surface area (Å²) in [5.41, 5.74) is 2.84. The lowest BCUT2D eigenvalue weighted by atomic mass is 10.1. The Morgan fingerprint density at radius 3 is 2.54 bits per heavy atom. The Bertz CT molecular complexity index is 959. The summed E-state index contributed by atoms with van der Waals surface area (Å²) in [6, 6.07) is 12.7. The number of rotatable bonds is 6. The van der Waals surface area contributed by atoms with Crippen LogP contribution in [0.1, 0.15) is 12.5 Å². The second-order valence-electron chi connectivity index (χ2n) is 6.27. The Balaban J connectivity index is 1.64. The van der Waals surface area contributed by atoms with E-state index in [1.54, 1.807) is 25.3 Å². The van der Waals surface area contributed by atoms with E-state index >= 15 is 0 Å². The highest BCUT2D eigenvalue weighted by Crippen LogP contribution is 2.16. The summed E-state index contributed by atoms with van der Waals surface area (Å²) in [5, 5.41) is 2.89. The molecule has 7 heteroatoms. The number of nitrogens with one attached hydrogen (secondary N) is 3. The Kier molecular flexibility index (Phi) is 5.09. The number of amides is 1. The molecule has 7 nitrogen and oxygen atoms in total. The number of nitrogens with zero attached hydrogens (tertiary/aromatic N) is 1. The number of benzene rings is 2.